The number of anilines is 1. The molecule has 3 N–H and O–H groups in total. The fourth-order valence-corrected chi connectivity index (χ4v) is 1.37. The van der Waals surface area contributed by atoms with Crippen LogP contribution in [0.3, 0.4) is 0 Å². The molecule has 1 aromatic carbocycles. The van der Waals surface area contributed by atoms with Gasteiger partial charge in [-0.3, -0.25) is 4.79 Å². The van der Waals surface area contributed by atoms with Crippen LogP contribution in [0.5, 0.6) is 0 Å². The van der Waals surface area contributed by atoms with Crippen LogP contribution in [0.25, 0.3) is 0 Å². The molecule has 0 heterocycles. The fourth-order valence-electron chi connectivity index (χ4n) is 1.37. The van der Waals surface area contributed by atoms with E-state index in [1.807, 2.05) is 31.2 Å². The van der Waals surface area contributed by atoms with Crippen LogP contribution in [0.15, 0.2) is 24.3 Å². The topological polar surface area (TPSA) is 55.1 Å². The molecule has 0 fully saturated rings. The average Bonchev–Trinajstić information content (AvgIpc) is 2.28. The Hall–Kier alpha value is -1.35. The summed E-state index contributed by atoms with van der Waals surface area (Å²) in [6.45, 7) is 6.17. The van der Waals surface area contributed by atoms with E-state index in [0.717, 1.165) is 5.69 Å². The first-order valence-corrected chi connectivity index (χ1v) is 5.71. The third kappa shape index (κ3) is 3.35. The van der Waals surface area contributed by atoms with Crippen molar-refractivity contribution < 1.29 is 4.79 Å². The molecule has 88 valence electrons. The largest absolute Gasteiger partial charge is 0.325 e. The molecule has 1 aromatic rings. The molecule has 0 bridgehead atoms. The molecule has 0 unspecified atom stereocenters. The number of nitrogens with two attached hydrogens (primary N) is 1. The van der Waals surface area contributed by atoms with Crippen molar-refractivity contribution in [1.82, 2.24) is 0 Å². The third-order valence-corrected chi connectivity index (χ3v) is 2.62. The number of carbonyl (C=O) groups excluding carboxylic acids is 1. The smallest absolute Gasteiger partial charge is 0.241 e. The quantitative estimate of drug-likeness (QED) is 0.819. The van der Waals surface area contributed by atoms with E-state index in [1.54, 1.807) is 0 Å². The monoisotopic (exact) mass is 220 g/mol. The lowest BCUT2D eigenvalue weighted by Crippen LogP contribution is -2.34. The highest BCUT2D eigenvalue weighted by atomic mass is 16.2. The van der Waals surface area contributed by atoms with Gasteiger partial charge in [0.05, 0.1) is 6.04 Å². The minimum absolute atomic E-state index is 0.125. The molecule has 0 saturated heterocycles. The Morgan fingerprint density at radius 2 is 1.88 bits per heavy atom. The molecule has 3 heteroatoms. The van der Waals surface area contributed by atoms with E-state index in [1.165, 1.54) is 5.56 Å². The lowest BCUT2D eigenvalue weighted by Gasteiger charge is -2.11. The Kier molecular flexibility index (Phi) is 4.50. The number of carbonyl (C=O) groups is 1. The SMILES string of the molecule is CC[C@H](N)C(=O)Nc1ccc(C(C)C)cc1. The highest BCUT2D eigenvalue weighted by Gasteiger charge is 2.10. The molecule has 0 aliphatic carbocycles. The van der Waals surface area contributed by atoms with Crippen molar-refractivity contribution in [3.8, 4) is 0 Å². The Morgan fingerprint density at radius 3 is 2.31 bits per heavy atom. The average molecular weight is 220 g/mol. The van der Waals surface area contributed by atoms with Crippen molar-refractivity contribution in [2.24, 2.45) is 5.73 Å². The van der Waals surface area contributed by atoms with Gasteiger partial charge in [0.25, 0.3) is 0 Å². The summed E-state index contributed by atoms with van der Waals surface area (Å²) in [5, 5.41) is 2.79. The van der Waals surface area contributed by atoms with Crippen LogP contribution in [-0.4, -0.2) is 11.9 Å². The lowest BCUT2D eigenvalue weighted by molar-refractivity contribution is -0.117. The van der Waals surface area contributed by atoms with E-state index in [-0.39, 0.29) is 5.91 Å². The van der Waals surface area contributed by atoms with Crippen molar-refractivity contribution in [1.29, 1.82) is 0 Å². The maximum atomic E-state index is 11.5. The predicted octanol–water partition coefficient (Wildman–Crippen LogP) is 2.49. The molecule has 1 atom stereocenters. The van der Waals surface area contributed by atoms with E-state index in [4.69, 9.17) is 5.73 Å². The summed E-state index contributed by atoms with van der Waals surface area (Å²) in [7, 11) is 0. The van der Waals surface area contributed by atoms with Gasteiger partial charge < -0.3 is 11.1 Å². The third-order valence-electron chi connectivity index (χ3n) is 2.62. The Labute approximate surface area is 97.0 Å². The number of amides is 1. The Morgan fingerprint density at radius 1 is 1.31 bits per heavy atom. The highest BCUT2D eigenvalue weighted by molar-refractivity contribution is 5.94. The summed E-state index contributed by atoms with van der Waals surface area (Å²) < 4.78 is 0. The minimum Gasteiger partial charge on any atom is -0.325 e. The van der Waals surface area contributed by atoms with Crippen molar-refractivity contribution in [2.45, 2.75) is 39.2 Å². The molecule has 3 nitrogen and oxygen atoms in total. The zero-order valence-corrected chi connectivity index (χ0v) is 10.2. The van der Waals surface area contributed by atoms with Gasteiger partial charge in [-0.1, -0.05) is 32.9 Å². The summed E-state index contributed by atoms with van der Waals surface area (Å²) >= 11 is 0. The summed E-state index contributed by atoms with van der Waals surface area (Å²) in [5.41, 5.74) is 7.70. The normalized spacial score (nSPS) is 12.6. The first-order chi connectivity index (χ1) is 7.54. The second-order valence-electron chi connectivity index (χ2n) is 4.28. The second-order valence-corrected chi connectivity index (χ2v) is 4.28. The Balaban J connectivity index is 2.65. The van der Waals surface area contributed by atoms with Crippen LogP contribution in [0.4, 0.5) is 5.69 Å². The van der Waals surface area contributed by atoms with Gasteiger partial charge >= 0.3 is 0 Å². The molecular formula is C13H20N2O. The second kappa shape index (κ2) is 5.66. The van der Waals surface area contributed by atoms with Crippen molar-refractivity contribution >= 4 is 11.6 Å². The van der Waals surface area contributed by atoms with E-state index in [9.17, 15) is 4.79 Å². The molecule has 0 spiro atoms. The van der Waals surface area contributed by atoms with E-state index in [2.05, 4.69) is 19.2 Å². The highest BCUT2D eigenvalue weighted by Crippen LogP contribution is 2.17. The molecule has 0 aromatic heterocycles. The summed E-state index contributed by atoms with van der Waals surface area (Å²) in [4.78, 5) is 11.5. The predicted molar refractivity (Wildman–Crippen MR) is 67.4 cm³/mol. The molecule has 0 aliphatic rings. The maximum absolute atomic E-state index is 11.5. The van der Waals surface area contributed by atoms with Crippen LogP contribution in [-0.2, 0) is 4.79 Å². The molecule has 1 rings (SSSR count). The minimum atomic E-state index is -0.426. The number of hydrogen-bond acceptors (Lipinski definition) is 2. The van der Waals surface area contributed by atoms with Crippen LogP contribution in [0.1, 0.15) is 38.7 Å². The van der Waals surface area contributed by atoms with Crippen molar-refractivity contribution in [3.63, 3.8) is 0 Å². The number of rotatable bonds is 4. The molecule has 0 radical (unpaired) electrons. The number of benzene rings is 1. The van der Waals surface area contributed by atoms with Crippen LogP contribution < -0.4 is 11.1 Å². The van der Waals surface area contributed by atoms with Gasteiger partial charge in [0.15, 0.2) is 0 Å². The van der Waals surface area contributed by atoms with E-state index < -0.39 is 6.04 Å². The summed E-state index contributed by atoms with van der Waals surface area (Å²) in [5.74, 6) is 0.377. The van der Waals surface area contributed by atoms with Gasteiger partial charge in [0, 0.05) is 5.69 Å². The van der Waals surface area contributed by atoms with Gasteiger partial charge in [-0.15, -0.1) is 0 Å². The van der Waals surface area contributed by atoms with Crippen LogP contribution in [0, 0.1) is 0 Å². The van der Waals surface area contributed by atoms with E-state index in [0.29, 0.717) is 12.3 Å². The molecule has 0 aliphatic heterocycles. The van der Waals surface area contributed by atoms with Crippen molar-refractivity contribution in [2.75, 3.05) is 5.32 Å². The van der Waals surface area contributed by atoms with Gasteiger partial charge in [-0.2, -0.15) is 0 Å². The van der Waals surface area contributed by atoms with Gasteiger partial charge in [-0.25, -0.2) is 0 Å². The van der Waals surface area contributed by atoms with Crippen LogP contribution >= 0.6 is 0 Å². The first-order valence-electron chi connectivity index (χ1n) is 5.71. The number of hydrogen-bond donors (Lipinski definition) is 2. The maximum Gasteiger partial charge on any atom is 0.241 e. The van der Waals surface area contributed by atoms with Gasteiger partial charge in [0.2, 0.25) is 5.91 Å². The summed E-state index contributed by atoms with van der Waals surface area (Å²) in [6, 6.07) is 7.45. The van der Waals surface area contributed by atoms with Gasteiger partial charge in [-0.05, 0) is 30.0 Å². The summed E-state index contributed by atoms with van der Waals surface area (Å²) in [6.07, 6.45) is 0.649. The standard InChI is InChI=1S/C13H20N2O/c1-4-12(14)13(16)15-11-7-5-10(6-8-11)9(2)3/h5-9,12H,4,14H2,1-3H3,(H,15,16)/t12-/m0/s1. The Bertz CT molecular complexity index is 343. The molecule has 0 saturated carbocycles. The van der Waals surface area contributed by atoms with Crippen molar-refractivity contribution in [3.05, 3.63) is 29.8 Å². The zero-order chi connectivity index (χ0) is 12.1. The van der Waals surface area contributed by atoms with Gasteiger partial charge in [0.1, 0.15) is 0 Å². The van der Waals surface area contributed by atoms with E-state index >= 15 is 0 Å². The first kappa shape index (κ1) is 12.7. The molecule has 16 heavy (non-hydrogen) atoms. The number of nitrogens with one attached hydrogen (secondary N) is 1. The lowest BCUT2D eigenvalue weighted by atomic mass is 10.0. The zero-order valence-electron chi connectivity index (χ0n) is 10.2. The molecular weight excluding hydrogens is 200 g/mol. The fraction of sp³-hybridized carbons (Fsp3) is 0.462. The molecule has 1 amide bonds. The van der Waals surface area contributed by atoms with Crippen LogP contribution in [0.2, 0.25) is 0 Å².